The predicted octanol–water partition coefficient (Wildman–Crippen LogP) is 4.12. The number of carbonyl (C=O) groups excluding carboxylic acids is 1. The maximum atomic E-state index is 12.4. The lowest BCUT2D eigenvalue weighted by molar-refractivity contribution is 0.102. The molecule has 0 aliphatic rings. The summed E-state index contributed by atoms with van der Waals surface area (Å²) in [5.41, 5.74) is 2.94. The van der Waals surface area contributed by atoms with Crippen molar-refractivity contribution in [2.45, 2.75) is 20.3 Å². The van der Waals surface area contributed by atoms with E-state index in [0.29, 0.717) is 16.3 Å². The van der Waals surface area contributed by atoms with Crippen molar-refractivity contribution >= 4 is 28.9 Å². The van der Waals surface area contributed by atoms with Gasteiger partial charge < -0.3 is 10.6 Å². The van der Waals surface area contributed by atoms with Gasteiger partial charge in [-0.1, -0.05) is 24.6 Å². The number of aromatic nitrogens is 1. The lowest BCUT2D eigenvalue weighted by atomic mass is 10.2. The molecule has 0 aliphatic heterocycles. The van der Waals surface area contributed by atoms with E-state index in [1.165, 1.54) is 0 Å². The molecular formula is C16H18ClN3O. The topological polar surface area (TPSA) is 54.0 Å². The minimum absolute atomic E-state index is 0.207. The van der Waals surface area contributed by atoms with E-state index < -0.39 is 0 Å². The number of hydrogen-bond donors (Lipinski definition) is 2. The zero-order chi connectivity index (χ0) is 15.2. The molecule has 1 aromatic carbocycles. The Hall–Kier alpha value is -2.07. The van der Waals surface area contributed by atoms with Crippen molar-refractivity contribution in [2.75, 3.05) is 17.2 Å². The van der Waals surface area contributed by atoms with Crippen LogP contribution >= 0.6 is 11.6 Å². The minimum atomic E-state index is -0.207. The molecule has 21 heavy (non-hydrogen) atoms. The van der Waals surface area contributed by atoms with Crippen LogP contribution in [0.4, 0.5) is 11.4 Å². The second-order valence-electron chi connectivity index (χ2n) is 4.77. The van der Waals surface area contributed by atoms with Crippen molar-refractivity contribution in [1.82, 2.24) is 4.98 Å². The van der Waals surface area contributed by atoms with Crippen LogP contribution in [-0.4, -0.2) is 17.4 Å². The number of hydrogen-bond acceptors (Lipinski definition) is 3. The molecule has 0 saturated carbocycles. The molecule has 1 heterocycles. The van der Waals surface area contributed by atoms with Gasteiger partial charge in [-0.05, 0) is 37.1 Å². The monoisotopic (exact) mass is 303 g/mol. The molecule has 110 valence electrons. The summed E-state index contributed by atoms with van der Waals surface area (Å²) in [4.78, 5) is 16.4. The molecular weight excluding hydrogens is 286 g/mol. The highest BCUT2D eigenvalue weighted by atomic mass is 35.5. The Balaban J connectivity index is 2.18. The van der Waals surface area contributed by atoms with E-state index in [9.17, 15) is 4.79 Å². The van der Waals surface area contributed by atoms with Crippen LogP contribution in [0.2, 0.25) is 5.02 Å². The number of nitrogens with zero attached hydrogens (tertiary/aromatic N) is 1. The van der Waals surface area contributed by atoms with E-state index in [4.69, 9.17) is 11.6 Å². The molecule has 1 amide bonds. The molecule has 4 nitrogen and oxygen atoms in total. The molecule has 0 saturated heterocycles. The zero-order valence-electron chi connectivity index (χ0n) is 12.1. The van der Waals surface area contributed by atoms with Crippen molar-refractivity contribution in [1.29, 1.82) is 0 Å². The van der Waals surface area contributed by atoms with Crippen molar-refractivity contribution in [3.05, 3.63) is 52.8 Å². The number of nitrogens with one attached hydrogen (secondary N) is 2. The van der Waals surface area contributed by atoms with E-state index in [-0.39, 0.29) is 5.91 Å². The third-order valence-electron chi connectivity index (χ3n) is 3.06. The van der Waals surface area contributed by atoms with Gasteiger partial charge in [-0.15, -0.1) is 0 Å². The first kappa shape index (κ1) is 15.3. The van der Waals surface area contributed by atoms with Crippen LogP contribution in [0.5, 0.6) is 0 Å². The molecule has 2 aromatic rings. The molecule has 0 atom stereocenters. The summed E-state index contributed by atoms with van der Waals surface area (Å²) in [6.45, 7) is 4.80. The van der Waals surface area contributed by atoms with Gasteiger partial charge in [0.15, 0.2) is 0 Å². The summed E-state index contributed by atoms with van der Waals surface area (Å²) >= 11 is 6.07. The Bertz CT molecular complexity index is 643. The van der Waals surface area contributed by atoms with Gasteiger partial charge in [0.2, 0.25) is 0 Å². The van der Waals surface area contributed by atoms with Gasteiger partial charge in [-0.3, -0.25) is 9.78 Å². The Labute approximate surface area is 129 Å². The second kappa shape index (κ2) is 7.09. The second-order valence-corrected chi connectivity index (χ2v) is 5.17. The maximum Gasteiger partial charge on any atom is 0.259 e. The molecule has 0 bridgehead atoms. The van der Waals surface area contributed by atoms with Gasteiger partial charge in [0.1, 0.15) is 0 Å². The molecule has 1 aromatic heterocycles. The molecule has 5 heteroatoms. The standard InChI is InChI=1S/C16H18ClN3O/c1-3-7-19-15-6-8-18-10-13(15)16(21)20-12-5-4-11(2)14(17)9-12/h4-6,8-10H,3,7H2,1-2H3,(H,18,19)(H,20,21). The molecule has 0 fully saturated rings. The number of pyridine rings is 1. The van der Waals surface area contributed by atoms with E-state index in [0.717, 1.165) is 24.2 Å². The van der Waals surface area contributed by atoms with Crippen molar-refractivity contribution < 1.29 is 4.79 Å². The number of benzene rings is 1. The summed E-state index contributed by atoms with van der Waals surface area (Å²) in [7, 11) is 0. The van der Waals surface area contributed by atoms with Crippen molar-refractivity contribution in [2.24, 2.45) is 0 Å². The fraction of sp³-hybridized carbons (Fsp3) is 0.250. The number of halogens is 1. The third-order valence-corrected chi connectivity index (χ3v) is 3.47. The Morgan fingerprint density at radius 3 is 2.86 bits per heavy atom. The SMILES string of the molecule is CCCNc1ccncc1C(=O)Nc1ccc(C)c(Cl)c1. The molecule has 0 spiro atoms. The van der Waals surface area contributed by atoms with Crippen molar-refractivity contribution in [3.8, 4) is 0 Å². The van der Waals surface area contributed by atoms with Crippen LogP contribution in [0.3, 0.4) is 0 Å². The first-order chi connectivity index (χ1) is 10.1. The van der Waals surface area contributed by atoms with Crippen LogP contribution in [0.15, 0.2) is 36.7 Å². The third kappa shape index (κ3) is 3.95. The number of aryl methyl sites for hydroxylation is 1. The summed E-state index contributed by atoms with van der Waals surface area (Å²) in [6, 6.07) is 7.24. The van der Waals surface area contributed by atoms with Gasteiger partial charge in [-0.2, -0.15) is 0 Å². The van der Waals surface area contributed by atoms with Crippen LogP contribution < -0.4 is 10.6 Å². The molecule has 2 rings (SSSR count). The van der Waals surface area contributed by atoms with E-state index in [1.54, 1.807) is 24.5 Å². The normalized spacial score (nSPS) is 10.2. The Kier molecular flexibility index (Phi) is 5.17. The highest BCUT2D eigenvalue weighted by Crippen LogP contribution is 2.21. The van der Waals surface area contributed by atoms with Crippen LogP contribution in [0, 0.1) is 6.92 Å². The fourth-order valence-electron chi connectivity index (χ4n) is 1.86. The first-order valence-corrected chi connectivity index (χ1v) is 7.25. The van der Waals surface area contributed by atoms with Gasteiger partial charge in [0, 0.05) is 29.6 Å². The average Bonchev–Trinajstić information content (AvgIpc) is 2.49. The van der Waals surface area contributed by atoms with Gasteiger partial charge in [-0.25, -0.2) is 0 Å². The van der Waals surface area contributed by atoms with Crippen LogP contribution in [-0.2, 0) is 0 Å². The lowest BCUT2D eigenvalue weighted by Crippen LogP contribution is -2.15. The highest BCUT2D eigenvalue weighted by molar-refractivity contribution is 6.31. The molecule has 0 aliphatic carbocycles. The number of anilines is 2. The predicted molar refractivity (Wildman–Crippen MR) is 87.2 cm³/mol. The Morgan fingerprint density at radius 2 is 2.14 bits per heavy atom. The molecule has 0 unspecified atom stereocenters. The molecule has 2 N–H and O–H groups in total. The summed E-state index contributed by atoms with van der Waals surface area (Å²) < 4.78 is 0. The number of carbonyl (C=O) groups is 1. The van der Waals surface area contributed by atoms with Crippen molar-refractivity contribution in [3.63, 3.8) is 0 Å². The van der Waals surface area contributed by atoms with Gasteiger partial charge >= 0.3 is 0 Å². The van der Waals surface area contributed by atoms with Crippen LogP contribution in [0.1, 0.15) is 29.3 Å². The lowest BCUT2D eigenvalue weighted by Gasteiger charge is -2.11. The highest BCUT2D eigenvalue weighted by Gasteiger charge is 2.12. The Morgan fingerprint density at radius 1 is 1.33 bits per heavy atom. The fourth-order valence-corrected chi connectivity index (χ4v) is 2.04. The van der Waals surface area contributed by atoms with Crippen LogP contribution in [0.25, 0.3) is 0 Å². The van der Waals surface area contributed by atoms with Gasteiger partial charge in [0.25, 0.3) is 5.91 Å². The smallest absolute Gasteiger partial charge is 0.259 e. The zero-order valence-corrected chi connectivity index (χ0v) is 12.9. The van der Waals surface area contributed by atoms with E-state index >= 15 is 0 Å². The number of amides is 1. The largest absolute Gasteiger partial charge is 0.384 e. The molecule has 0 radical (unpaired) electrons. The van der Waals surface area contributed by atoms with Gasteiger partial charge in [0.05, 0.1) is 11.3 Å². The first-order valence-electron chi connectivity index (χ1n) is 6.87. The quantitative estimate of drug-likeness (QED) is 0.873. The maximum absolute atomic E-state index is 12.4. The van der Waals surface area contributed by atoms with E-state index in [1.807, 2.05) is 19.1 Å². The summed E-state index contributed by atoms with van der Waals surface area (Å²) in [5.74, 6) is -0.207. The van der Waals surface area contributed by atoms with E-state index in [2.05, 4.69) is 22.5 Å². The minimum Gasteiger partial charge on any atom is -0.384 e. The summed E-state index contributed by atoms with van der Waals surface area (Å²) in [6.07, 6.45) is 4.21. The number of rotatable bonds is 5. The summed E-state index contributed by atoms with van der Waals surface area (Å²) in [5, 5.41) is 6.69. The average molecular weight is 304 g/mol.